The van der Waals surface area contributed by atoms with Crippen molar-refractivity contribution in [1.82, 2.24) is 14.5 Å². The number of aromatic hydroxyl groups is 1. The number of nitrogens with one attached hydrogen (secondary N) is 1. The van der Waals surface area contributed by atoms with Gasteiger partial charge in [-0.1, -0.05) is 13.0 Å². The van der Waals surface area contributed by atoms with Gasteiger partial charge < -0.3 is 5.11 Å². The number of phenols is 1. The third-order valence-electron chi connectivity index (χ3n) is 3.48. The fourth-order valence-corrected chi connectivity index (χ4v) is 3.60. The maximum atomic E-state index is 11.8. The van der Waals surface area contributed by atoms with Gasteiger partial charge >= 0.3 is 10.2 Å². The number of amides is 1. The van der Waals surface area contributed by atoms with Gasteiger partial charge in [-0.2, -0.15) is 13.5 Å². The number of aromatic nitrogens is 2. The summed E-state index contributed by atoms with van der Waals surface area (Å²) in [5, 5.41) is 14.4. The average molecular weight is 336 g/mol. The molecule has 0 radical (unpaired) electrons. The van der Waals surface area contributed by atoms with Crippen LogP contribution >= 0.6 is 0 Å². The molecule has 1 aliphatic heterocycles. The van der Waals surface area contributed by atoms with E-state index in [0.29, 0.717) is 5.56 Å². The molecular formula is C14H16N4O4S. The highest BCUT2D eigenvalue weighted by Gasteiger charge is 2.35. The summed E-state index contributed by atoms with van der Waals surface area (Å²) >= 11 is 0. The molecular weight excluding hydrogens is 320 g/mol. The van der Waals surface area contributed by atoms with Gasteiger partial charge in [0.15, 0.2) is 0 Å². The Morgan fingerprint density at radius 1 is 1.35 bits per heavy atom. The van der Waals surface area contributed by atoms with Crippen molar-refractivity contribution in [3.8, 4) is 16.9 Å². The van der Waals surface area contributed by atoms with Crippen LogP contribution < -0.4 is 9.03 Å². The number of phenolic OH excluding ortho intramolecular Hbond substituents is 1. The molecule has 2 N–H and O–H groups in total. The summed E-state index contributed by atoms with van der Waals surface area (Å²) in [4.78, 5) is 11.3. The molecule has 1 saturated heterocycles. The molecule has 0 bridgehead atoms. The number of nitrogens with zero attached hydrogens (tertiary/aromatic N) is 3. The van der Waals surface area contributed by atoms with Crippen molar-refractivity contribution in [3.05, 3.63) is 30.6 Å². The van der Waals surface area contributed by atoms with Crippen molar-refractivity contribution >= 4 is 21.8 Å². The van der Waals surface area contributed by atoms with Gasteiger partial charge in [-0.15, -0.1) is 0 Å². The molecule has 1 aromatic heterocycles. The lowest BCUT2D eigenvalue weighted by atomic mass is 10.1. The Morgan fingerprint density at radius 2 is 2.13 bits per heavy atom. The Balaban J connectivity index is 1.93. The Morgan fingerprint density at radius 3 is 2.74 bits per heavy atom. The molecule has 1 fully saturated rings. The van der Waals surface area contributed by atoms with Crippen LogP contribution in [0.1, 0.15) is 13.3 Å². The number of hydrogen-bond donors (Lipinski definition) is 2. The van der Waals surface area contributed by atoms with E-state index >= 15 is 0 Å². The van der Waals surface area contributed by atoms with E-state index in [4.69, 9.17) is 0 Å². The van der Waals surface area contributed by atoms with Crippen molar-refractivity contribution in [2.45, 2.75) is 19.9 Å². The van der Waals surface area contributed by atoms with E-state index in [2.05, 4.69) is 5.10 Å². The Bertz CT molecular complexity index is 859. The molecule has 8 nitrogen and oxygen atoms in total. The number of rotatable bonds is 4. The number of anilines is 1. The number of carbonyl (C=O) groups excluding carboxylic acids is 1. The summed E-state index contributed by atoms with van der Waals surface area (Å²) in [5.41, 5.74) is 1.59. The SMILES string of the molecule is CCCn1cc(-c2ccc(N3CC(=O)NS3(=O)=O)c(O)c2)cn1. The van der Waals surface area contributed by atoms with Gasteiger partial charge in [0, 0.05) is 18.3 Å². The van der Waals surface area contributed by atoms with E-state index in [0.717, 1.165) is 22.8 Å². The monoisotopic (exact) mass is 336 g/mol. The Kier molecular flexibility index (Phi) is 3.72. The fourth-order valence-electron chi connectivity index (χ4n) is 2.44. The molecule has 1 aromatic carbocycles. The third-order valence-corrected chi connectivity index (χ3v) is 4.88. The average Bonchev–Trinajstić information content (AvgIpc) is 3.03. The topological polar surface area (TPSA) is 105 Å². The minimum atomic E-state index is -3.94. The summed E-state index contributed by atoms with van der Waals surface area (Å²) in [6.07, 6.45) is 4.50. The smallest absolute Gasteiger partial charge is 0.326 e. The van der Waals surface area contributed by atoms with Crippen molar-refractivity contribution in [3.63, 3.8) is 0 Å². The molecule has 1 amide bonds. The highest BCUT2D eigenvalue weighted by molar-refractivity contribution is 7.92. The first-order valence-corrected chi connectivity index (χ1v) is 8.54. The maximum absolute atomic E-state index is 11.8. The van der Waals surface area contributed by atoms with Crippen LogP contribution in [-0.2, 0) is 21.5 Å². The van der Waals surface area contributed by atoms with Gasteiger partial charge in [-0.05, 0) is 24.1 Å². The van der Waals surface area contributed by atoms with Crippen LogP contribution in [-0.4, -0.2) is 35.8 Å². The van der Waals surface area contributed by atoms with Crippen LogP contribution in [0.15, 0.2) is 30.6 Å². The second kappa shape index (κ2) is 5.58. The fraction of sp³-hybridized carbons (Fsp3) is 0.286. The van der Waals surface area contributed by atoms with Gasteiger partial charge in [-0.25, -0.2) is 9.03 Å². The minimum Gasteiger partial charge on any atom is -0.506 e. The van der Waals surface area contributed by atoms with E-state index in [1.807, 2.05) is 17.8 Å². The zero-order valence-electron chi connectivity index (χ0n) is 12.4. The van der Waals surface area contributed by atoms with E-state index in [9.17, 15) is 18.3 Å². The van der Waals surface area contributed by atoms with Gasteiger partial charge in [0.05, 0.1) is 11.9 Å². The summed E-state index contributed by atoms with van der Waals surface area (Å²) < 4.78 is 28.2. The van der Waals surface area contributed by atoms with Crippen LogP contribution in [0.5, 0.6) is 5.75 Å². The first-order valence-electron chi connectivity index (χ1n) is 7.10. The van der Waals surface area contributed by atoms with Crippen LogP contribution in [0.2, 0.25) is 0 Å². The normalized spacial score (nSPS) is 16.6. The van der Waals surface area contributed by atoms with Crippen LogP contribution in [0, 0.1) is 0 Å². The molecule has 0 atom stereocenters. The highest BCUT2D eigenvalue weighted by atomic mass is 32.2. The minimum absolute atomic E-state index is 0.0630. The predicted octanol–water partition coefficient (Wildman–Crippen LogP) is 0.847. The predicted molar refractivity (Wildman–Crippen MR) is 84.0 cm³/mol. The number of aryl methyl sites for hydroxylation is 1. The lowest BCUT2D eigenvalue weighted by Crippen LogP contribution is -2.29. The summed E-state index contributed by atoms with van der Waals surface area (Å²) in [6.45, 7) is 2.50. The molecule has 2 heterocycles. The zero-order chi connectivity index (χ0) is 16.6. The molecule has 23 heavy (non-hydrogen) atoms. The van der Waals surface area contributed by atoms with Crippen molar-refractivity contribution < 1.29 is 18.3 Å². The van der Waals surface area contributed by atoms with E-state index in [1.165, 1.54) is 12.1 Å². The first kappa shape index (κ1) is 15.3. The van der Waals surface area contributed by atoms with Crippen LogP contribution in [0.3, 0.4) is 0 Å². The molecule has 3 rings (SSSR count). The van der Waals surface area contributed by atoms with E-state index in [1.54, 1.807) is 16.9 Å². The molecule has 2 aromatic rings. The third kappa shape index (κ3) is 2.87. The van der Waals surface area contributed by atoms with Gasteiger partial charge in [0.1, 0.15) is 12.3 Å². The van der Waals surface area contributed by atoms with Gasteiger partial charge in [0.25, 0.3) is 5.91 Å². The first-order chi connectivity index (χ1) is 10.9. The van der Waals surface area contributed by atoms with E-state index in [-0.39, 0.29) is 18.0 Å². The molecule has 0 unspecified atom stereocenters. The van der Waals surface area contributed by atoms with Crippen molar-refractivity contribution in [2.24, 2.45) is 0 Å². The van der Waals surface area contributed by atoms with Crippen LogP contribution in [0.4, 0.5) is 5.69 Å². The van der Waals surface area contributed by atoms with Crippen molar-refractivity contribution in [1.29, 1.82) is 0 Å². The standard InChI is InChI=1S/C14H16N4O4S/c1-2-5-17-8-11(7-15-17)10-3-4-12(13(19)6-10)18-9-14(20)16-23(18,21)22/h3-4,6-8,19H,2,5,9H2,1H3,(H,16,20). The maximum Gasteiger partial charge on any atom is 0.326 e. The number of benzene rings is 1. The quantitative estimate of drug-likeness (QED) is 0.861. The van der Waals surface area contributed by atoms with E-state index < -0.39 is 16.1 Å². The second-order valence-electron chi connectivity index (χ2n) is 5.23. The van der Waals surface area contributed by atoms with Gasteiger partial charge in [-0.3, -0.25) is 9.48 Å². The molecule has 0 spiro atoms. The highest BCUT2D eigenvalue weighted by Crippen LogP contribution is 2.34. The van der Waals surface area contributed by atoms with Gasteiger partial charge in [0.2, 0.25) is 0 Å². The summed E-state index contributed by atoms with van der Waals surface area (Å²) in [5.74, 6) is -0.847. The molecule has 122 valence electrons. The number of hydrogen-bond acceptors (Lipinski definition) is 5. The Hall–Kier alpha value is -2.55. The zero-order valence-corrected chi connectivity index (χ0v) is 13.2. The summed E-state index contributed by atoms with van der Waals surface area (Å²) in [7, 11) is -3.94. The molecule has 1 aliphatic rings. The largest absolute Gasteiger partial charge is 0.506 e. The second-order valence-corrected chi connectivity index (χ2v) is 6.83. The Labute approximate surface area is 133 Å². The van der Waals surface area contributed by atoms with Crippen LogP contribution in [0.25, 0.3) is 11.1 Å². The lowest BCUT2D eigenvalue weighted by Gasteiger charge is -2.16. The lowest BCUT2D eigenvalue weighted by molar-refractivity contribution is -0.117. The van der Waals surface area contributed by atoms with Crippen molar-refractivity contribution in [2.75, 3.05) is 10.8 Å². The number of carbonyl (C=O) groups is 1. The molecule has 9 heteroatoms. The molecule has 0 saturated carbocycles. The molecule has 0 aliphatic carbocycles. The summed E-state index contributed by atoms with van der Waals surface area (Å²) in [6, 6.07) is 4.61.